The highest BCUT2D eigenvalue weighted by atomic mass is 19.4. The lowest BCUT2D eigenvalue weighted by Gasteiger charge is -2.10. The number of ether oxygens (including phenoxy) is 3. The average Bonchev–Trinajstić information content (AvgIpc) is 2.39. The topological polar surface area (TPSA) is 56.8 Å². The molecule has 1 N–H and O–H groups in total. The van der Waals surface area contributed by atoms with Gasteiger partial charge in [0.05, 0.1) is 13.2 Å². The third-order valence-corrected chi connectivity index (χ3v) is 2.19. The van der Waals surface area contributed by atoms with Crippen molar-refractivity contribution in [3.8, 4) is 5.75 Å². The van der Waals surface area contributed by atoms with Gasteiger partial charge in [0.15, 0.2) is 0 Å². The molecule has 1 rings (SSSR count). The van der Waals surface area contributed by atoms with E-state index in [1.54, 1.807) is 6.92 Å². The van der Waals surface area contributed by atoms with E-state index < -0.39 is 12.3 Å². The summed E-state index contributed by atoms with van der Waals surface area (Å²) in [5.41, 5.74) is 0.615. The predicted octanol–water partition coefficient (Wildman–Crippen LogP) is 2.58. The fraction of sp³-hybridized carbons (Fsp3) is 0.462. The van der Waals surface area contributed by atoms with Crippen molar-refractivity contribution in [2.75, 3.05) is 31.7 Å². The van der Waals surface area contributed by atoms with E-state index in [2.05, 4.69) is 14.8 Å². The number of esters is 1. The smallest absolute Gasteiger partial charge is 0.464 e. The largest absolute Gasteiger partial charge is 0.573 e. The Morgan fingerprint density at radius 1 is 1.24 bits per heavy atom. The summed E-state index contributed by atoms with van der Waals surface area (Å²) in [5, 5.41) is 2.93. The van der Waals surface area contributed by atoms with Gasteiger partial charge in [0.2, 0.25) is 0 Å². The van der Waals surface area contributed by atoms with Crippen LogP contribution in [-0.2, 0) is 14.3 Å². The maximum Gasteiger partial charge on any atom is 0.573 e. The molecule has 0 aliphatic heterocycles. The van der Waals surface area contributed by atoms with Crippen LogP contribution in [0.25, 0.3) is 0 Å². The van der Waals surface area contributed by atoms with Crippen LogP contribution in [0.15, 0.2) is 24.3 Å². The standard InChI is InChI=1S/C13H16F3NO4/c1-2-20-12(18)9-19-8-7-17-10-3-5-11(6-4-10)21-13(14,15)16/h3-6,17H,2,7-9H2,1H3. The number of rotatable bonds is 8. The normalized spacial score (nSPS) is 11.0. The van der Waals surface area contributed by atoms with Gasteiger partial charge in [0.1, 0.15) is 12.4 Å². The van der Waals surface area contributed by atoms with Gasteiger partial charge in [-0.2, -0.15) is 0 Å². The summed E-state index contributed by atoms with van der Waals surface area (Å²) in [7, 11) is 0. The van der Waals surface area contributed by atoms with Crippen molar-refractivity contribution >= 4 is 11.7 Å². The maximum absolute atomic E-state index is 12.0. The van der Waals surface area contributed by atoms with Crippen molar-refractivity contribution in [3.05, 3.63) is 24.3 Å². The van der Waals surface area contributed by atoms with E-state index in [1.165, 1.54) is 24.3 Å². The Hall–Kier alpha value is -1.96. The Balaban J connectivity index is 2.22. The first-order valence-electron chi connectivity index (χ1n) is 6.24. The quantitative estimate of drug-likeness (QED) is 0.591. The summed E-state index contributed by atoms with van der Waals surface area (Å²) in [6, 6.07) is 5.31. The maximum atomic E-state index is 12.0. The molecule has 118 valence electrons. The SMILES string of the molecule is CCOC(=O)COCCNc1ccc(OC(F)(F)F)cc1. The van der Waals surface area contributed by atoms with Crippen LogP contribution in [0.1, 0.15) is 6.92 Å². The van der Waals surface area contributed by atoms with Crippen molar-refractivity contribution in [2.45, 2.75) is 13.3 Å². The molecule has 0 aliphatic rings. The lowest BCUT2D eigenvalue weighted by atomic mass is 10.3. The molecule has 0 amide bonds. The molecule has 0 saturated heterocycles. The zero-order valence-electron chi connectivity index (χ0n) is 11.4. The number of alkyl halides is 3. The van der Waals surface area contributed by atoms with E-state index in [0.29, 0.717) is 18.8 Å². The molecule has 0 heterocycles. The summed E-state index contributed by atoms with van der Waals surface area (Å²) in [5.74, 6) is -0.724. The summed E-state index contributed by atoms with van der Waals surface area (Å²) in [6.07, 6.45) is -4.70. The van der Waals surface area contributed by atoms with Crippen molar-refractivity contribution in [1.82, 2.24) is 0 Å². The molecule has 0 unspecified atom stereocenters. The van der Waals surface area contributed by atoms with Crippen LogP contribution in [0.3, 0.4) is 0 Å². The van der Waals surface area contributed by atoms with Crippen LogP contribution in [0, 0.1) is 0 Å². The first-order chi connectivity index (χ1) is 9.90. The summed E-state index contributed by atoms with van der Waals surface area (Å²) in [4.78, 5) is 11.0. The third kappa shape index (κ3) is 8.03. The van der Waals surface area contributed by atoms with E-state index >= 15 is 0 Å². The van der Waals surface area contributed by atoms with Crippen LogP contribution in [0.2, 0.25) is 0 Å². The van der Waals surface area contributed by atoms with E-state index in [1.807, 2.05) is 0 Å². The van der Waals surface area contributed by atoms with Gasteiger partial charge in [-0.3, -0.25) is 0 Å². The van der Waals surface area contributed by atoms with Crippen LogP contribution in [-0.4, -0.2) is 38.7 Å². The highest BCUT2D eigenvalue weighted by Gasteiger charge is 2.30. The van der Waals surface area contributed by atoms with Gasteiger partial charge < -0.3 is 19.5 Å². The monoisotopic (exact) mass is 307 g/mol. The fourth-order valence-corrected chi connectivity index (χ4v) is 1.40. The molecule has 5 nitrogen and oxygen atoms in total. The van der Waals surface area contributed by atoms with Gasteiger partial charge in [0, 0.05) is 12.2 Å². The molecule has 8 heteroatoms. The van der Waals surface area contributed by atoms with Crippen molar-refractivity contribution < 1.29 is 32.2 Å². The van der Waals surface area contributed by atoms with Crippen molar-refractivity contribution in [2.24, 2.45) is 0 Å². The highest BCUT2D eigenvalue weighted by molar-refractivity contribution is 5.70. The van der Waals surface area contributed by atoms with Crippen LogP contribution in [0.4, 0.5) is 18.9 Å². The molecule has 0 bridgehead atoms. The number of benzene rings is 1. The fourth-order valence-electron chi connectivity index (χ4n) is 1.40. The number of carbonyl (C=O) groups excluding carboxylic acids is 1. The third-order valence-electron chi connectivity index (χ3n) is 2.19. The minimum atomic E-state index is -4.70. The van der Waals surface area contributed by atoms with Gasteiger partial charge in [-0.05, 0) is 31.2 Å². The van der Waals surface area contributed by atoms with Gasteiger partial charge in [0.25, 0.3) is 0 Å². The molecule has 1 aromatic carbocycles. The molecule has 0 aromatic heterocycles. The second-order valence-corrected chi connectivity index (χ2v) is 3.86. The summed E-state index contributed by atoms with van der Waals surface area (Å²) < 4.78 is 49.3. The highest BCUT2D eigenvalue weighted by Crippen LogP contribution is 2.23. The molecule has 0 fully saturated rings. The number of halogens is 3. The molecule has 21 heavy (non-hydrogen) atoms. The average molecular weight is 307 g/mol. The lowest BCUT2D eigenvalue weighted by Crippen LogP contribution is -2.17. The molecule has 0 radical (unpaired) electrons. The number of nitrogens with one attached hydrogen (secondary N) is 1. The molecule has 0 spiro atoms. The Bertz CT molecular complexity index is 434. The molecule has 0 aliphatic carbocycles. The summed E-state index contributed by atoms with van der Waals surface area (Å²) >= 11 is 0. The Morgan fingerprint density at radius 2 is 1.90 bits per heavy atom. The van der Waals surface area contributed by atoms with Crippen molar-refractivity contribution in [1.29, 1.82) is 0 Å². The van der Waals surface area contributed by atoms with E-state index in [0.717, 1.165) is 0 Å². The van der Waals surface area contributed by atoms with Gasteiger partial charge in [-0.1, -0.05) is 0 Å². The van der Waals surface area contributed by atoms with E-state index in [-0.39, 0.29) is 19.0 Å². The zero-order valence-corrected chi connectivity index (χ0v) is 11.4. The first-order valence-corrected chi connectivity index (χ1v) is 6.24. The van der Waals surface area contributed by atoms with Gasteiger partial charge in [-0.15, -0.1) is 13.2 Å². The van der Waals surface area contributed by atoms with Crippen LogP contribution in [0.5, 0.6) is 5.75 Å². The minimum absolute atomic E-state index is 0.131. The van der Waals surface area contributed by atoms with Gasteiger partial charge >= 0.3 is 12.3 Å². The second-order valence-electron chi connectivity index (χ2n) is 3.86. The molecular formula is C13H16F3NO4. The number of hydrogen-bond acceptors (Lipinski definition) is 5. The van der Waals surface area contributed by atoms with E-state index in [4.69, 9.17) is 4.74 Å². The Labute approximate surface area is 120 Å². The molecular weight excluding hydrogens is 291 g/mol. The number of carbonyl (C=O) groups is 1. The van der Waals surface area contributed by atoms with Gasteiger partial charge in [-0.25, -0.2) is 4.79 Å². The Morgan fingerprint density at radius 3 is 2.48 bits per heavy atom. The molecule has 1 aromatic rings. The minimum Gasteiger partial charge on any atom is -0.464 e. The van der Waals surface area contributed by atoms with Crippen LogP contribution < -0.4 is 10.1 Å². The molecule has 0 saturated carbocycles. The molecule has 0 atom stereocenters. The van der Waals surface area contributed by atoms with Crippen molar-refractivity contribution in [3.63, 3.8) is 0 Å². The number of anilines is 1. The Kier molecular flexibility index (Phi) is 6.80. The second kappa shape index (κ2) is 8.35. The first kappa shape index (κ1) is 17.1. The lowest BCUT2D eigenvalue weighted by molar-refractivity contribution is -0.274. The summed E-state index contributed by atoms with van der Waals surface area (Å²) in [6.45, 7) is 2.53. The van der Waals surface area contributed by atoms with E-state index in [9.17, 15) is 18.0 Å². The zero-order chi connectivity index (χ0) is 15.7. The number of hydrogen-bond donors (Lipinski definition) is 1. The van der Waals surface area contributed by atoms with Crippen LogP contribution >= 0.6 is 0 Å². The predicted molar refractivity (Wildman–Crippen MR) is 69.1 cm³/mol.